The monoisotopic (exact) mass is 540 g/mol. The first-order valence-electron chi connectivity index (χ1n) is 13.1. The van der Waals surface area contributed by atoms with Crippen molar-refractivity contribution >= 4 is 28.9 Å². The normalized spacial score (nSPS) is 11.7. The van der Waals surface area contributed by atoms with E-state index in [1.807, 2.05) is 42.5 Å². The lowest BCUT2D eigenvalue weighted by Crippen LogP contribution is -2.33. The van der Waals surface area contributed by atoms with E-state index >= 15 is 0 Å². The first kappa shape index (κ1) is 28.2. The van der Waals surface area contributed by atoms with Gasteiger partial charge in [0, 0.05) is 0 Å². The zero-order valence-electron chi connectivity index (χ0n) is 22.8. The minimum atomic E-state index is -0.758. The molecule has 1 atom stereocenters. The maximum absolute atomic E-state index is 12.6. The number of unbranched alkanes of at least 4 members (excludes halogenated alkanes) is 1. The lowest BCUT2D eigenvalue weighted by molar-refractivity contribution is -0.127. The van der Waals surface area contributed by atoms with Gasteiger partial charge in [0.25, 0.3) is 5.91 Å². The number of ether oxygens (including phenoxy) is 4. The van der Waals surface area contributed by atoms with Crippen LogP contribution in [-0.2, 0) is 4.79 Å². The molecule has 0 aliphatic rings. The number of hydrazone groups is 1. The zero-order chi connectivity index (χ0) is 28.3. The lowest BCUT2D eigenvalue weighted by atomic mass is 10.1. The number of hydrogen-bond acceptors (Lipinski definition) is 7. The van der Waals surface area contributed by atoms with Crippen LogP contribution in [-0.4, -0.2) is 37.9 Å². The van der Waals surface area contributed by atoms with Crippen LogP contribution >= 0.6 is 0 Å². The fourth-order valence-electron chi connectivity index (χ4n) is 3.79. The molecule has 0 saturated carbocycles. The minimum absolute atomic E-state index is 0.259. The Kier molecular flexibility index (Phi) is 9.72. The molecule has 0 spiro atoms. The fourth-order valence-corrected chi connectivity index (χ4v) is 3.79. The van der Waals surface area contributed by atoms with Gasteiger partial charge >= 0.3 is 5.97 Å². The van der Waals surface area contributed by atoms with E-state index < -0.39 is 18.0 Å². The smallest absolute Gasteiger partial charge is 0.343 e. The maximum Gasteiger partial charge on any atom is 0.343 e. The van der Waals surface area contributed by atoms with E-state index in [4.69, 9.17) is 18.9 Å². The molecule has 0 fully saturated rings. The van der Waals surface area contributed by atoms with Crippen LogP contribution in [0, 0.1) is 0 Å². The van der Waals surface area contributed by atoms with Gasteiger partial charge in [0.1, 0.15) is 11.5 Å². The molecule has 4 rings (SSSR count). The van der Waals surface area contributed by atoms with E-state index in [1.54, 1.807) is 49.4 Å². The number of rotatable bonds is 12. The summed E-state index contributed by atoms with van der Waals surface area (Å²) in [6.07, 6.45) is 2.72. The molecule has 8 heteroatoms. The summed E-state index contributed by atoms with van der Waals surface area (Å²) >= 11 is 0. The van der Waals surface area contributed by atoms with Gasteiger partial charge in [-0.2, -0.15) is 5.10 Å². The maximum atomic E-state index is 12.6. The molecule has 0 saturated heterocycles. The third kappa shape index (κ3) is 7.60. The molecule has 0 aliphatic heterocycles. The summed E-state index contributed by atoms with van der Waals surface area (Å²) in [6, 6.07) is 25.3. The topological polar surface area (TPSA) is 95.5 Å². The van der Waals surface area contributed by atoms with Crippen LogP contribution in [0.25, 0.3) is 10.8 Å². The van der Waals surface area contributed by atoms with Crippen LogP contribution in [0.4, 0.5) is 0 Å². The predicted octanol–water partition coefficient (Wildman–Crippen LogP) is 6.16. The molecule has 4 aromatic rings. The molecule has 0 aliphatic carbocycles. The molecule has 4 aromatic carbocycles. The predicted molar refractivity (Wildman–Crippen MR) is 155 cm³/mol. The molecule has 1 amide bonds. The molecule has 1 N–H and O–H groups in total. The van der Waals surface area contributed by atoms with Crippen molar-refractivity contribution in [1.29, 1.82) is 0 Å². The number of nitrogens with zero attached hydrogens (tertiary/aromatic N) is 1. The molecule has 8 nitrogen and oxygen atoms in total. The summed E-state index contributed by atoms with van der Waals surface area (Å²) in [7, 11) is 1.48. The third-order valence-electron chi connectivity index (χ3n) is 6.04. The van der Waals surface area contributed by atoms with Crippen LogP contribution in [0.15, 0.2) is 90.0 Å². The highest BCUT2D eigenvalue weighted by Gasteiger charge is 2.15. The van der Waals surface area contributed by atoms with Crippen molar-refractivity contribution in [3.05, 3.63) is 96.1 Å². The number of esters is 1. The van der Waals surface area contributed by atoms with Gasteiger partial charge in [0.05, 0.1) is 25.5 Å². The molecule has 206 valence electrons. The van der Waals surface area contributed by atoms with Crippen molar-refractivity contribution in [2.24, 2.45) is 5.10 Å². The number of hydrogen-bond donors (Lipinski definition) is 1. The number of carbonyl (C=O) groups excluding carboxylic acids is 2. The second-order valence-corrected chi connectivity index (χ2v) is 9.03. The molecular formula is C32H32N2O6. The van der Waals surface area contributed by atoms with Crippen molar-refractivity contribution < 1.29 is 28.5 Å². The summed E-state index contributed by atoms with van der Waals surface area (Å²) in [5.74, 6) is 0.978. The van der Waals surface area contributed by atoms with Crippen molar-refractivity contribution in [2.75, 3.05) is 13.7 Å². The number of fused-ring (bicyclic) bond motifs is 1. The van der Waals surface area contributed by atoms with Gasteiger partial charge in [-0.25, -0.2) is 10.2 Å². The minimum Gasteiger partial charge on any atom is -0.494 e. The van der Waals surface area contributed by atoms with Crippen LogP contribution in [0.2, 0.25) is 0 Å². The average molecular weight is 541 g/mol. The Labute approximate surface area is 233 Å². The Morgan fingerprint density at radius 1 is 0.900 bits per heavy atom. The van der Waals surface area contributed by atoms with Crippen molar-refractivity contribution in [1.82, 2.24) is 5.43 Å². The first-order valence-corrected chi connectivity index (χ1v) is 13.1. The number of amides is 1. The van der Waals surface area contributed by atoms with Gasteiger partial charge in [-0.1, -0.05) is 43.7 Å². The summed E-state index contributed by atoms with van der Waals surface area (Å²) in [6.45, 7) is 4.38. The van der Waals surface area contributed by atoms with Crippen LogP contribution in [0.3, 0.4) is 0 Å². The summed E-state index contributed by atoms with van der Waals surface area (Å²) in [5, 5.41) is 6.14. The van der Waals surface area contributed by atoms with Gasteiger partial charge in [-0.3, -0.25) is 4.79 Å². The van der Waals surface area contributed by atoms with E-state index in [0.29, 0.717) is 35.0 Å². The molecule has 0 aromatic heterocycles. The van der Waals surface area contributed by atoms with Crippen molar-refractivity contribution in [2.45, 2.75) is 32.8 Å². The molecule has 0 radical (unpaired) electrons. The number of nitrogens with one attached hydrogen (secondary N) is 1. The van der Waals surface area contributed by atoms with Gasteiger partial charge in [0.2, 0.25) is 0 Å². The quantitative estimate of drug-likeness (QED) is 0.0760. The molecular weight excluding hydrogens is 508 g/mol. The van der Waals surface area contributed by atoms with E-state index in [2.05, 4.69) is 17.5 Å². The lowest BCUT2D eigenvalue weighted by Gasteiger charge is -2.13. The van der Waals surface area contributed by atoms with Gasteiger partial charge < -0.3 is 18.9 Å². The SMILES string of the molecule is CCCCOc1ccc(C(=O)Oc2ccc(C=NNC(=O)C(C)Oc3ccc4ccccc4c3)cc2OC)cc1. The summed E-state index contributed by atoms with van der Waals surface area (Å²) < 4.78 is 22.3. The van der Waals surface area contributed by atoms with Crippen LogP contribution in [0.5, 0.6) is 23.0 Å². The van der Waals surface area contributed by atoms with Crippen molar-refractivity contribution in [3.8, 4) is 23.0 Å². The third-order valence-corrected chi connectivity index (χ3v) is 6.04. The average Bonchev–Trinajstić information content (AvgIpc) is 2.98. The van der Waals surface area contributed by atoms with E-state index in [0.717, 1.165) is 23.6 Å². The highest BCUT2D eigenvalue weighted by Crippen LogP contribution is 2.29. The highest BCUT2D eigenvalue weighted by molar-refractivity contribution is 5.92. The van der Waals surface area contributed by atoms with Crippen LogP contribution in [0.1, 0.15) is 42.6 Å². The molecule has 0 heterocycles. The van der Waals surface area contributed by atoms with Crippen molar-refractivity contribution in [3.63, 3.8) is 0 Å². The van der Waals surface area contributed by atoms with E-state index in [1.165, 1.54) is 13.3 Å². The number of benzene rings is 4. The zero-order valence-corrected chi connectivity index (χ0v) is 22.8. The van der Waals surface area contributed by atoms with Gasteiger partial charge in [0.15, 0.2) is 17.6 Å². The van der Waals surface area contributed by atoms with Gasteiger partial charge in [-0.15, -0.1) is 0 Å². The second kappa shape index (κ2) is 13.8. The Hall–Kier alpha value is -4.85. The summed E-state index contributed by atoms with van der Waals surface area (Å²) in [4.78, 5) is 25.1. The molecule has 40 heavy (non-hydrogen) atoms. The Bertz CT molecular complexity index is 1480. The fraction of sp³-hybridized carbons (Fsp3) is 0.219. The second-order valence-electron chi connectivity index (χ2n) is 9.03. The Morgan fingerprint density at radius 3 is 2.40 bits per heavy atom. The van der Waals surface area contributed by atoms with E-state index in [-0.39, 0.29) is 5.75 Å². The Balaban J connectivity index is 1.31. The molecule has 0 bridgehead atoms. The molecule has 1 unspecified atom stereocenters. The highest BCUT2D eigenvalue weighted by atomic mass is 16.6. The largest absolute Gasteiger partial charge is 0.494 e. The summed E-state index contributed by atoms with van der Waals surface area (Å²) in [5.41, 5.74) is 3.50. The first-order chi connectivity index (χ1) is 19.5. The van der Waals surface area contributed by atoms with E-state index in [9.17, 15) is 9.59 Å². The number of methoxy groups -OCH3 is 1. The Morgan fingerprint density at radius 2 is 1.65 bits per heavy atom. The number of carbonyl (C=O) groups is 2. The van der Waals surface area contributed by atoms with Crippen LogP contribution < -0.4 is 24.4 Å². The standard InChI is InChI=1S/C32H32N2O6/c1-4-5-18-38-27-14-12-25(13-15-27)32(36)40-29-17-10-23(19-30(29)37-3)21-33-34-31(35)22(2)39-28-16-11-24-8-6-7-9-26(24)20-28/h6-17,19-22H,4-5,18H2,1-3H3,(H,34,35). The van der Waals surface area contributed by atoms with Gasteiger partial charge in [-0.05, 0) is 84.3 Å².